The van der Waals surface area contributed by atoms with Gasteiger partial charge in [0.2, 0.25) is 5.91 Å². The molecule has 27 heavy (non-hydrogen) atoms. The lowest BCUT2D eigenvalue weighted by Gasteiger charge is -2.23. The number of carbonyl (C=O) groups is 2. The minimum absolute atomic E-state index is 0.224. The maximum atomic E-state index is 12.4. The number of hydrazine groups is 1. The highest BCUT2D eigenvalue weighted by atomic mass is 16.5. The van der Waals surface area contributed by atoms with Crippen molar-refractivity contribution >= 4 is 11.8 Å². The van der Waals surface area contributed by atoms with Crippen molar-refractivity contribution in [3.63, 3.8) is 0 Å². The Morgan fingerprint density at radius 3 is 2.41 bits per heavy atom. The zero-order chi connectivity index (χ0) is 19.9. The molecule has 0 atom stereocenters. The lowest BCUT2D eigenvalue weighted by molar-refractivity contribution is -0.130. The van der Waals surface area contributed by atoms with Gasteiger partial charge >= 0.3 is 0 Å². The number of rotatable bonds is 7. The molecule has 0 fully saturated rings. The van der Waals surface area contributed by atoms with Gasteiger partial charge in [0.15, 0.2) is 0 Å². The molecule has 5 nitrogen and oxygen atoms in total. The summed E-state index contributed by atoms with van der Waals surface area (Å²) in [6.07, 6.45) is 1.38. The predicted octanol–water partition coefficient (Wildman–Crippen LogP) is 3.95. The second kappa shape index (κ2) is 9.21. The van der Waals surface area contributed by atoms with Crippen molar-refractivity contribution in [3.8, 4) is 5.75 Å². The number of ether oxygens (including phenoxy) is 1. The van der Waals surface area contributed by atoms with Gasteiger partial charge in [0, 0.05) is 11.0 Å². The Kier molecular flexibility index (Phi) is 6.99. The quantitative estimate of drug-likeness (QED) is 0.574. The first-order chi connectivity index (χ1) is 12.8. The minimum atomic E-state index is -0.616. The fourth-order valence-corrected chi connectivity index (χ4v) is 2.62. The highest BCUT2D eigenvalue weighted by Gasteiger charge is 2.27. The predicted molar refractivity (Wildman–Crippen MR) is 106 cm³/mol. The van der Waals surface area contributed by atoms with Gasteiger partial charge in [-0.15, -0.1) is 0 Å². The van der Waals surface area contributed by atoms with Crippen LogP contribution in [0.5, 0.6) is 5.75 Å². The molecule has 5 heteroatoms. The van der Waals surface area contributed by atoms with Crippen molar-refractivity contribution in [3.05, 3.63) is 65.2 Å². The maximum absolute atomic E-state index is 12.4. The number of hydrogen-bond donors (Lipinski definition) is 2. The second-order valence-electron chi connectivity index (χ2n) is 7.38. The topological polar surface area (TPSA) is 67.4 Å². The third kappa shape index (κ3) is 6.13. The van der Waals surface area contributed by atoms with E-state index >= 15 is 0 Å². The molecule has 0 aromatic heterocycles. The molecule has 2 aromatic rings. The first kappa shape index (κ1) is 20.5. The molecule has 0 unspecified atom stereocenters. The van der Waals surface area contributed by atoms with Crippen molar-refractivity contribution < 1.29 is 14.3 Å². The van der Waals surface area contributed by atoms with E-state index in [1.165, 1.54) is 0 Å². The molecule has 0 spiro atoms. The van der Waals surface area contributed by atoms with Gasteiger partial charge in [0.05, 0.1) is 6.61 Å². The first-order valence-corrected chi connectivity index (χ1v) is 9.15. The van der Waals surface area contributed by atoms with Crippen LogP contribution in [0, 0.1) is 19.3 Å². The van der Waals surface area contributed by atoms with Crippen molar-refractivity contribution in [2.75, 3.05) is 6.61 Å². The van der Waals surface area contributed by atoms with Crippen LogP contribution in [0.4, 0.5) is 0 Å². The molecule has 0 aliphatic carbocycles. The molecule has 0 radical (unpaired) electrons. The molecule has 0 aliphatic rings. The van der Waals surface area contributed by atoms with Crippen LogP contribution in [0.25, 0.3) is 0 Å². The summed E-state index contributed by atoms with van der Waals surface area (Å²) in [4.78, 5) is 24.4. The zero-order valence-electron chi connectivity index (χ0n) is 16.5. The number of amides is 2. The van der Waals surface area contributed by atoms with E-state index in [9.17, 15) is 9.59 Å². The van der Waals surface area contributed by atoms with Crippen LogP contribution in [0.2, 0.25) is 0 Å². The average molecular weight is 368 g/mol. The molecule has 2 aromatic carbocycles. The molecular weight excluding hydrogens is 340 g/mol. The number of carbonyl (C=O) groups excluding carboxylic acids is 2. The number of nitrogens with one attached hydrogen (secondary N) is 2. The van der Waals surface area contributed by atoms with E-state index in [1.54, 1.807) is 24.3 Å². The monoisotopic (exact) mass is 368 g/mol. The van der Waals surface area contributed by atoms with Crippen molar-refractivity contribution in [1.29, 1.82) is 0 Å². The molecule has 0 heterocycles. The van der Waals surface area contributed by atoms with Crippen LogP contribution >= 0.6 is 0 Å². The highest BCUT2D eigenvalue weighted by Crippen LogP contribution is 2.24. The average Bonchev–Trinajstić information content (AvgIpc) is 2.66. The molecule has 144 valence electrons. The Hall–Kier alpha value is -2.82. The smallest absolute Gasteiger partial charge is 0.269 e. The minimum Gasteiger partial charge on any atom is -0.493 e. The first-order valence-electron chi connectivity index (χ1n) is 9.15. The third-order valence-electron chi connectivity index (χ3n) is 4.49. The number of benzene rings is 2. The largest absolute Gasteiger partial charge is 0.493 e. The molecule has 2 rings (SSSR count). The van der Waals surface area contributed by atoms with Gasteiger partial charge in [-0.25, -0.2) is 0 Å². The Morgan fingerprint density at radius 1 is 1.00 bits per heavy atom. The fraction of sp³-hybridized carbons (Fsp3) is 0.364. The number of hydrogen-bond acceptors (Lipinski definition) is 3. The van der Waals surface area contributed by atoms with Crippen LogP contribution < -0.4 is 15.6 Å². The Balaban J connectivity index is 1.77. The Morgan fingerprint density at radius 2 is 1.70 bits per heavy atom. The summed E-state index contributed by atoms with van der Waals surface area (Å²) in [6, 6.07) is 14.9. The van der Waals surface area contributed by atoms with E-state index in [2.05, 4.69) is 16.9 Å². The van der Waals surface area contributed by atoms with Gasteiger partial charge in [-0.05, 0) is 56.0 Å². The van der Waals surface area contributed by atoms with Gasteiger partial charge in [-0.1, -0.05) is 44.2 Å². The van der Waals surface area contributed by atoms with Crippen LogP contribution in [-0.2, 0) is 4.79 Å². The van der Waals surface area contributed by atoms with Gasteiger partial charge in [0.1, 0.15) is 5.75 Å². The SMILES string of the molecule is Cc1ccc(C)c(OCCCC(C)(C)C(=O)NNC(=O)c2ccccc2)c1. The van der Waals surface area contributed by atoms with Crippen LogP contribution in [0.15, 0.2) is 48.5 Å². The lowest BCUT2D eigenvalue weighted by Crippen LogP contribution is -2.47. The van der Waals surface area contributed by atoms with E-state index in [4.69, 9.17) is 4.74 Å². The van der Waals surface area contributed by atoms with Gasteiger partial charge in [-0.3, -0.25) is 20.4 Å². The van der Waals surface area contributed by atoms with Crippen molar-refractivity contribution in [1.82, 2.24) is 10.9 Å². The van der Waals surface area contributed by atoms with Crippen LogP contribution in [-0.4, -0.2) is 18.4 Å². The van der Waals surface area contributed by atoms with E-state index in [0.717, 1.165) is 23.3 Å². The molecule has 2 amide bonds. The molecule has 0 bridgehead atoms. The molecular formula is C22H28N2O3. The van der Waals surface area contributed by atoms with E-state index < -0.39 is 5.41 Å². The fourth-order valence-electron chi connectivity index (χ4n) is 2.62. The molecule has 0 saturated heterocycles. The summed E-state index contributed by atoms with van der Waals surface area (Å²) in [6.45, 7) is 8.30. The summed E-state index contributed by atoms with van der Waals surface area (Å²) in [5.41, 5.74) is 7.12. The van der Waals surface area contributed by atoms with Crippen LogP contribution in [0.3, 0.4) is 0 Å². The normalized spacial score (nSPS) is 11.0. The van der Waals surface area contributed by atoms with E-state index in [0.29, 0.717) is 18.6 Å². The summed E-state index contributed by atoms with van der Waals surface area (Å²) in [7, 11) is 0. The third-order valence-corrected chi connectivity index (χ3v) is 4.49. The van der Waals surface area contributed by atoms with Crippen LogP contribution in [0.1, 0.15) is 48.2 Å². The summed E-state index contributed by atoms with van der Waals surface area (Å²) < 4.78 is 5.85. The Labute approximate surface area is 161 Å². The summed E-state index contributed by atoms with van der Waals surface area (Å²) in [5, 5.41) is 0. The second-order valence-corrected chi connectivity index (χ2v) is 7.38. The van der Waals surface area contributed by atoms with Gasteiger partial charge in [-0.2, -0.15) is 0 Å². The maximum Gasteiger partial charge on any atom is 0.269 e. The van der Waals surface area contributed by atoms with E-state index in [1.807, 2.05) is 45.9 Å². The van der Waals surface area contributed by atoms with Gasteiger partial charge < -0.3 is 4.74 Å². The molecule has 2 N–H and O–H groups in total. The highest BCUT2D eigenvalue weighted by molar-refractivity contribution is 5.95. The van der Waals surface area contributed by atoms with Gasteiger partial charge in [0.25, 0.3) is 5.91 Å². The lowest BCUT2D eigenvalue weighted by atomic mass is 9.87. The molecule has 0 aliphatic heterocycles. The standard InChI is InChI=1S/C22H28N2O3/c1-16-11-12-17(2)19(15-16)27-14-8-13-22(3,4)21(26)24-23-20(25)18-9-6-5-7-10-18/h5-7,9-12,15H,8,13-14H2,1-4H3,(H,23,25)(H,24,26). The Bertz CT molecular complexity index is 785. The molecule has 0 saturated carbocycles. The summed E-state index contributed by atoms with van der Waals surface area (Å²) in [5.74, 6) is 0.323. The van der Waals surface area contributed by atoms with E-state index in [-0.39, 0.29) is 11.8 Å². The zero-order valence-corrected chi connectivity index (χ0v) is 16.5. The summed E-state index contributed by atoms with van der Waals surface area (Å²) >= 11 is 0. The van der Waals surface area contributed by atoms with Crippen molar-refractivity contribution in [2.24, 2.45) is 5.41 Å². The number of aryl methyl sites for hydroxylation is 2. The van der Waals surface area contributed by atoms with Crippen molar-refractivity contribution in [2.45, 2.75) is 40.5 Å².